The number of carbonyl (C=O) groups is 1. The lowest BCUT2D eigenvalue weighted by atomic mass is 10.0. The van der Waals surface area contributed by atoms with Crippen molar-refractivity contribution in [2.45, 2.75) is 89.3 Å². The average molecular weight is 357 g/mol. The maximum Gasteiger partial charge on any atom is 0.237 e. The molecule has 3 aliphatic carbocycles. The van der Waals surface area contributed by atoms with E-state index in [1.807, 2.05) is 0 Å². The third kappa shape index (κ3) is 3.19. The van der Waals surface area contributed by atoms with Gasteiger partial charge in [-0.15, -0.1) is 0 Å². The van der Waals surface area contributed by atoms with E-state index in [4.69, 9.17) is 4.98 Å². The van der Waals surface area contributed by atoms with Crippen molar-refractivity contribution in [2.24, 2.45) is 5.92 Å². The molecule has 0 spiro atoms. The van der Waals surface area contributed by atoms with Crippen molar-refractivity contribution in [3.8, 4) is 0 Å². The highest BCUT2D eigenvalue weighted by Gasteiger charge is 2.42. The van der Waals surface area contributed by atoms with Gasteiger partial charge in [0.25, 0.3) is 0 Å². The van der Waals surface area contributed by atoms with Gasteiger partial charge in [-0.05, 0) is 83.6 Å². The minimum absolute atomic E-state index is 0.307. The first-order valence-corrected chi connectivity index (χ1v) is 10.8. The number of likely N-dealkylation sites (tertiary alicyclic amines) is 1. The molecule has 0 radical (unpaired) electrons. The summed E-state index contributed by atoms with van der Waals surface area (Å²) in [7, 11) is 0. The predicted octanol–water partition coefficient (Wildman–Crippen LogP) is 3.21. The third-order valence-electron chi connectivity index (χ3n) is 6.96. The van der Waals surface area contributed by atoms with Crippen molar-refractivity contribution in [3.05, 3.63) is 17.2 Å². The topological polar surface area (TPSA) is 52.2 Å². The summed E-state index contributed by atoms with van der Waals surface area (Å²) in [5, 5.41) is 0. The molecule has 3 fully saturated rings. The van der Waals surface area contributed by atoms with Crippen LogP contribution in [0.4, 0.5) is 0 Å². The fourth-order valence-corrected chi connectivity index (χ4v) is 5.14. The van der Waals surface area contributed by atoms with Gasteiger partial charge in [-0.2, -0.15) is 0 Å². The first-order valence-electron chi connectivity index (χ1n) is 10.8. The number of carbonyl (C=O) groups excluding carboxylic acids is 1. The highest BCUT2D eigenvalue weighted by molar-refractivity contribution is 5.79. The number of fused-ring (bicyclic) bond motifs is 1. The van der Waals surface area contributed by atoms with E-state index in [9.17, 15) is 4.79 Å². The van der Waals surface area contributed by atoms with Crippen LogP contribution in [0.3, 0.4) is 0 Å². The highest BCUT2D eigenvalue weighted by atomic mass is 16.2. The van der Waals surface area contributed by atoms with Crippen molar-refractivity contribution in [1.29, 1.82) is 0 Å². The Balaban J connectivity index is 1.29. The molecule has 142 valence electrons. The number of aromatic nitrogens is 2. The van der Waals surface area contributed by atoms with E-state index >= 15 is 0 Å². The fourth-order valence-electron chi connectivity index (χ4n) is 5.14. The molecule has 26 heavy (non-hydrogen) atoms. The molecule has 0 bridgehead atoms. The van der Waals surface area contributed by atoms with Crippen LogP contribution in [0.2, 0.25) is 0 Å². The molecule has 1 amide bonds. The zero-order valence-electron chi connectivity index (χ0n) is 16.0. The molecule has 5 nitrogen and oxygen atoms in total. The molecule has 0 aromatic carbocycles. The van der Waals surface area contributed by atoms with Gasteiger partial charge in [0, 0.05) is 17.8 Å². The number of H-pyrrole nitrogens is 1. The number of imidazole rings is 1. The summed E-state index contributed by atoms with van der Waals surface area (Å²) in [5.41, 5.74) is 2.64. The van der Waals surface area contributed by atoms with Crippen molar-refractivity contribution < 1.29 is 4.79 Å². The number of aryl methyl sites for hydroxylation is 2. The third-order valence-corrected chi connectivity index (χ3v) is 6.96. The maximum atomic E-state index is 13.2. The Labute approximate surface area is 156 Å². The molecule has 1 saturated heterocycles. The lowest BCUT2D eigenvalue weighted by molar-refractivity contribution is -0.135. The number of aromatic amines is 1. The van der Waals surface area contributed by atoms with Crippen molar-refractivity contribution in [2.75, 3.05) is 13.1 Å². The average Bonchev–Trinajstić information content (AvgIpc) is 3.55. The fraction of sp³-hybridized carbons (Fsp3) is 0.810. The summed E-state index contributed by atoms with van der Waals surface area (Å²) < 4.78 is 0. The minimum atomic E-state index is 0.307. The van der Waals surface area contributed by atoms with Crippen LogP contribution < -0.4 is 0 Å². The lowest BCUT2D eigenvalue weighted by Gasteiger charge is -2.32. The summed E-state index contributed by atoms with van der Waals surface area (Å²) in [5.74, 6) is 2.23. The molecule has 2 saturated carbocycles. The number of nitrogens with zero attached hydrogens (tertiary/aromatic N) is 3. The number of amides is 1. The van der Waals surface area contributed by atoms with Crippen LogP contribution in [0.15, 0.2) is 0 Å². The monoisotopic (exact) mass is 356 g/mol. The summed E-state index contributed by atoms with van der Waals surface area (Å²) in [6.45, 7) is 3.87. The van der Waals surface area contributed by atoms with Crippen LogP contribution in [0, 0.1) is 5.92 Å². The first-order chi connectivity index (χ1) is 12.7. The largest absolute Gasteiger partial charge is 0.344 e. The Hall–Kier alpha value is -1.36. The van der Waals surface area contributed by atoms with Crippen LogP contribution in [0.1, 0.15) is 81.5 Å². The molecular formula is C21H32N4O. The van der Waals surface area contributed by atoms with Crippen molar-refractivity contribution in [3.63, 3.8) is 0 Å². The van der Waals surface area contributed by atoms with E-state index in [1.54, 1.807) is 0 Å². The summed E-state index contributed by atoms with van der Waals surface area (Å²) in [4.78, 5) is 26.4. The van der Waals surface area contributed by atoms with Crippen LogP contribution in [0.5, 0.6) is 0 Å². The second kappa shape index (κ2) is 6.66. The SMILES string of the molecule is C[C@@H](C1CC1)N(C(=O)CN1CCC[C@H]1c1nc2c([nH]1)CCCC2)C1CC1. The molecule has 5 heteroatoms. The molecule has 2 heterocycles. The highest BCUT2D eigenvalue weighted by Crippen LogP contribution is 2.40. The van der Waals surface area contributed by atoms with E-state index in [2.05, 4.69) is 21.7 Å². The Bertz CT molecular complexity index is 652. The van der Waals surface area contributed by atoms with E-state index in [-0.39, 0.29) is 0 Å². The second-order valence-corrected chi connectivity index (χ2v) is 8.99. The molecule has 5 rings (SSSR count). The molecule has 0 unspecified atom stereocenters. The first kappa shape index (κ1) is 16.8. The number of nitrogens with one attached hydrogen (secondary N) is 1. The number of hydrogen-bond acceptors (Lipinski definition) is 3. The molecule has 1 aliphatic heterocycles. The smallest absolute Gasteiger partial charge is 0.237 e. The van der Waals surface area contributed by atoms with Crippen molar-refractivity contribution in [1.82, 2.24) is 19.8 Å². The van der Waals surface area contributed by atoms with Gasteiger partial charge in [0.15, 0.2) is 0 Å². The van der Waals surface area contributed by atoms with Crippen LogP contribution in [-0.4, -0.2) is 50.8 Å². The second-order valence-electron chi connectivity index (χ2n) is 8.99. The Kier molecular flexibility index (Phi) is 4.30. The van der Waals surface area contributed by atoms with Gasteiger partial charge in [-0.25, -0.2) is 4.98 Å². The Morgan fingerprint density at radius 2 is 2.00 bits per heavy atom. The van der Waals surface area contributed by atoms with Crippen molar-refractivity contribution >= 4 is 5.91 Å². The summed E-state index contributed by atoms with van der Waals surface area (Å²) >= 11 is 0. The van der Waals surface area contributed by atoms with Crippen LogP contribution in [0.25, 0.3) is 0 Å². The van der Waals surface area contributed by atoms with Gasteiger partial charge < -0.3 is 9.88 Å². The van der Waals surface area contributed by atoms with Gasteiger partial charge in [-0.1, -0.05) is 0 Å². The molecule has 4 aliphatic rings. The molecular weight excluding hydrogens is 324 g/mol. The quantitative estimate of drug-likeness (QED) is 0.851. The van der Waals surface area contributed by atoms with E-state index < -0.39 is 0 Å². The molecule has 2 atom stereocenters. The van der Waals surface area contributed by atoms with E-state index in [0.717, 1.165) is 37.5 Å². The number of hydrogen-bond donors (Lipinski definition) is 1. The zero-order valence-corrected chi connectivity index (χ0v) is 16.0. The molecule has 1 aromatic heterocycles. The summed E-state index contributed by atoms with van der Waals surface area (Å²) in [6, 6.07) is 1.27. The lowest BCUT2D eigenvalue weighted by Crippen LogP contribution is -2.46. The van der Waals surface area contributed by atoms with E-state index in [0.29, 0.717) is 30.6 Å². The normalized spacial score (nSPS) is 27.3. The van der Waals surface area contributed by atoms with Crippen LogP contribution >= 0.6 is 0 Å². The van der Waals surface area contributed by atoms with E-state index in [1.165, 1.54) is 56.3 Å². The number of rotatable bonds is 6. The van der Waals surface area contributed by atoms with Gasteiger partial charge >= 0.3 is 0 Å². The van der Waals surface area contributed by atoms with Gasteiger partial charge in [0.2, 0.25) is 5.91 Å². The van der Waals surface area contributed by atoms with Gasteiger partial charge in [0.05, 0.1) is 18.3 Å². The zero-order chi connectivity index (χ0) is 17.7. The van der Waals surface area contributed by atoms with Gasteiger partial charge in [0.1, 0.15) is 5.82 Å². The van der Waals surface area contributed by atoms with Crippen LogP contribution in [-0.2, 0) is 17.6 Å². The minimum Gasteiger partial charge on any atom is -0.344 e. The summed E-state index contributed by atoms with van der Waals surface area (Å²) in [6.07, 6.45) is 12.1. The molecule has 1 N–H and O–H groups in total. The Morgan fingerprint density at radius 1 is 1.19 bits per heavy atom. The molecule has 1 aromatic rings. The predicted molar refractivity (Wildman–Crippen MR) is 101 cm³/mol. The maximum absolute atomic E-state index is 13.2. The van der Waals surface area contributed by atoms with Gasteiger partial charge in [-0.3, -0.25) is 9.69 Å². The Morgan fingerprint density at radius 3 is 2.73 bits per heavy atom. The standard InChI is InChI=1S/C21H32N4O/c1-14(15-8-9-15)25(16-10-11-16)20(26)13-24-12-4-7-19(24)21-22-17-5-2-3-6-18(17)23-21/h14-16,19H,2-13H2,1H3,(H,22,23)/t14-,19-/m0/s1.